The molecule has 0 spiro atoms. The van der Waals surface area contributed by atoms with Crippen LogP contribution in [0.15, 0.2) is 18.6 Å². The second-order valence-corrected chi connectivity index (χ2v) is 7.87. The molecule has 112 valence electrons. The van der Waals surface area contributed by atoms with Crippen LogP contribution in [0.25, 0.3) is 0 Å². The lowest BCUT2D eigenvalue weighted by molar-refractivity contribution is 0.133. The fourth-order valence-corrected chi connectivity index (χ4v) is 3.23. The van der Waals surface area contributed by atoms with Gasteiger partial charge in [-0.3, -0.25) is 0 Å². The van der Waals surface area contributed by atoms with Gasteiger partial charge in [-0.25, -0.2) is 9.97 Å². The summed E-state index contributed by atoms with van der Waals surface area (Å²) in [4.78, 5) is 11.0. The summed E-state index contributed by atoms with van der Waals surface area (Å²) in [7, 11) is 0. The molecule has 20 heavy (non-hydrogen) atoms. The van der Waals surface area contributed by atoms with Gasteiger partial charge in [0.2, 0.25) is 0 Å². The van der Waals surface area contributed by atoms with E-state index < -0.39 is 0 Å². The molecular weight excluding hydrogens is 248 g/mol. The zero-order valence-electron chi connectivity index (χ0n) is 13.6. The van der Waals surface area contributed by atoms with Crippen LogP contribution in [0.4, 0.5) is 5.82 Å². The van der Waals surface area contributed by atoms with Crippen LogP contribution < -0.4 is 10.2 Å². The average Bonchev–Trinajstić information content (AvgIpc) is 2.37. The average molecular weight is 276 g/mol. The van der Waals surface area contributed by atoms with Gasteiger partial charge in [0.1, 0.15) is 12.1 Å². The largest absolute Gasteiger partial charge is 0.350 e. The van der Waals surface area contributed by atoms with Crippen molar-refractivity contribution in [3.63, 3.8) is 0 Å². The van der Waals surface area contributed by atoms with E-state index in [-0.39, 0.29) is 10.8 Å². The third kappa shape index (κ3) is 3.11. The lowest BCUT2D eigenvalue weighted by atomic mass is 9.71. The highest BCUT2D eigenvalue weighted by molar-refractivity contribution is 5.41. The minimum absolute atomic E-state index is 0.177. The molecule has 0 amide bonds. The van der Waals surface area contributed by atoms with E-state index in [1.807, 2.05) is 12.3 Å². The SMILES string of the molecule is CC(C)(C)C1NCCN(c2ccncn2)C1C(C)(C)C. The first-order valence-corrected chi connectivity index (χ1v) is 7.47. The molecule has 1 fully saturated rings. The van der Waals surface area contributed by atoms with Gasteiger partial charge in [-0.05, 0) is 16.9 Å². The second-order valence-electron chi connectivity index (χ2n) is 7.87. The van der Waals surface area contributed by atoms with Crippen LogP contribution in [-0.2, 0) is 0 Å². The molecule has 1 saturated heterocycles. The summed E-state index contributed by atoms with van der Waals surface area (Å²) in [6.45, 7) is 15.9. The molecule has 0 aromatic carbocycles. The molecule has 0 radical (unpaired) electrons. The maximum Gasteiger partial charge on any atom is 0.132 e. The number of rotatable bonds is 1. The Hall–Kier alpha value is -1.16. The third-order valence-corrected chi connectivity index (χ3v) is 4.05. The quantitative estimate of drug-likeness (QED) is 0.856. The molecule has 2 atom stereocenters. The van der Waals surface area contributed by atoms with Crippen LogP contribution in [-0.4, -0.2) is 35.1 Å². The predicted molar refractivity (Wildman–Crippen MR) is 83.9 cm³/mol. The first kappa shape index (κ1) is 15.2. The molecule has 0 aliphatic carbocycles. The van der Waals surface area contributed by atoms with Crippen LogP contribution in [0.1, 0.15) is 41.5 Å². The summed E-state index contributed by atoms with van der Waals surface area (Å²) in [5, 5.41) is 3.73. The van der Waals surface area contributed by atoms with Gasteiger partial charge in [0.15, 0.2) is 0 Å². The molecule has 0 saturated carbocycles. The highest BCUT2D eigenvalue weighted by atomic mass is 15.3. The van der Waals surface area contributed by atoms with Crippen molar-refractivity contribution >= 4 is 5.82 Å². The summed E-state index contributed by atoms with van der Waals surface area (Å²) in [5.41, 5.74) is 0.389. The Bertz CT molecular complexity index is 430. The molecular formula is C16H28N4. The highest BCUT2D eigenvalue weighted by Crippen LogP contribution is 2.37. The summed E-state index contributed by atoms with van der Waals surface area (Å²) in [6.07, 6.45) is 3.47. The van der Waals surface area contributed by atoms with Crippen molar-refractivity contribution < 1.29 is 0 Å². The van der Waals surface area contributed by atoms with E-state index in [1.54, 1.807) is 6.33 Å². The van der Waals surface area contributed by atoms with Gasteiger partial charge >= 0.3 is 0 Å². The smallest absolute Gasteiger partial charge is 0.132 e. The van der Waals surface area contributed by atoms with Crippen molar-refractivity contribution in [1.82, 2.24) is 15.3 Å². The maximum absolute atomic E-state index is 4.47. The van der Waals surface area contributed by atoms with Crippen molar-refractivity contribution in [2.24, 2.45) is 10.8 Å². The molecule has 0 bridgehead atoms. The lowest BCUT2D eigenvalue weighted by Crippen LogP contribution is -2.66. The summed E-state index contributed by atoms with van der Waals surface area (Å²) >= 11 is 0. The standard InChI is InChI=1S/C16H28N4/c1-15(2,3)13-14(16(4,5)6)20(10-9-18-13)12-7-8-17-11-19-12/h7-8,11,13-14,18H,9-10H2,1-6H3. The molecule has 1 aliphatic heterocycles. The Morgan fingerprint density at radius 1 is 1.15 bits per heavy atom. The van der Waals surface area contributed by atoms with E-state index in [1.165, 1.54) is 0 Å². The zero-order chi connectivity index (χ0) is 15.0. The first-order chi connectivity index (χ1) is 9.21. The number of nitrogens with one attached hydrogen (secondary N) is 1. The molecule has 2 rings (SSSR count). The van der Waals surface area contributed by atoms with E-state index >= 15 is 0 Å². The van der Waals surface area contributed by atoms with Gasteiger partial charge < -0.3 is 10.2 Å². The number of hydrogen-bond donors (Lipinski definition) is 1. The minimum atomic E-state index is 0.177. The van der Waals surface area contributed by atoms with Crippen molar-refractivity contribution in [1.29, 1.82) is 0 Å². The second kappa shape index (κ2) is 5.32. The number of hydrogen-bond acceptors (Lipinski definition) is 4. The molecule has 1 aromatic rings. The molecule has 1 N–H and O–H groups in total. The predicted octanol–water partition coefficient (Wildman–Crippen LogP) is 2.72. The Labute approximate surface area is 123 Å². The first-order valence-electron chi connectivity index (χ1n) is 7.47. The van der Waals surface area contributed by atoms with Crippen LogP contribution in [0, 0.1) is 10.8 Å². The van der Waals surface area contributed by atoms with Gasteiger partial charge in [-0.15, -0.1) is 0 Å². The topological polar surface area (TPSA) is 41.0 Å². The van der Waals surface area contributed by atoms with E-state index in [0.29, 0.717) is 12.1 Å². The van der Waals surface area contributed by atoms with Crippen molar-refractivity contribution in [2.45, 2.75) is 53.6 Å². The molecule has 4 nitrogen and oxygen atoms in total. The minimum Gasteiger partial charge on any atom is -0.350 e. The van der Waals surface area contributed by atoms with E-state index in [2.05, 4.69) is 61.7 Å². The zero-order valence-corrected chi connectivity index (χ0v) is 13.6. The van der Waals surface area contributed by atoms with Gasteiger partial charge in [0.05, 0.1) is 6.04 Å². The van der Waals surface area contributed by atoms with Crippen LogP contribution in [0.5, 0.6) is 0 Å². The summed E-state index contributed by atoms with van der Waals surface area (Å²) in [5.74, 6) is 1.04. The van der Waals surface area contributed by atoms with Gasteiger partial charge in [0, 0.05) is 25.3 Å². The summed E-state index contributed by atoms with van der Waals surface area (Å²) in [6, 6.07) is 2.86. The van der Waals surface area contributed by atoms with Crippen molar-refractivity contribution in [3.8, 4) is 0 Å². The fourth-order valence-electron chi connectivity index (χ4n) is 3.23. The van der Waals surface area contributed by atoms with Crippen LogP contribution >= 0.6 is 0 Å². The van der Waals surface area contributed by atoms with Crippen molar-refractivity contribution in [2.75, 3.05) is 18.0 Å². The fraction of sp³-hybridized carbons (Fsp3) is 0.750. The maximum atomic E-state index is 4.47. The molecule has 2 unspecified atom stereocenters. The highest BCUT2D eigenvalue weighted by Gasteiger charge is 2.44. The normalized spacial score (nSPS) is 24.8. The number of anilines is 1. The van der Waals surface area contributed by atoms with Gasteiger partial charge in [-0.2, -0.15) is 0 Å². The number of nitrogens with zero attached hydrogens (tertiary/aromatic N) is 3. The Balaban J connectivity index is 2.40. The van der Waals surface area contributed by atoms with E-state index in [0.717, 1.165) is 18.9 Å². The third-order valence-electron chi connectivity index (χ3n) is 4.05. The lowest BCUT2D eigenvalue weighted by Gasteiger charge is -2.53. The van der Waals surface area contributed by atoms with Gasteiger partial charge in [0.25, 0.3) is 0 Å². The number of aromatic nitrogens is 2. The molecule has 4 heteroatoms. The van der Waals surface area contributed by atoms with Crippen LogP contribution in [0.2, 0.25) is 0 Å². The van der Waals surface area contributed by atoms with Crippen molar-refractivity contribution in [3.05, 3.63) is 18.6 Å². The molecule has 2 heterocycles. The van der Waals surface area contributed by atoms with Crippen LogP contribution in [0.3, 0.4) is 0 Å². The molecule has 1 aliphatic rings. The Morgan fingerprint density at radius 2 is 1.85 bits per heavy atom. The van der Waals surface area contributed by atoms with Gasteiger partial charge in [-0.1, -0.05) is 41.5 Å². The number of piperazine rings is 1. The van der Waals surface area contributed by atoms with E-state index in [4.69, 9.17) is 0 Å². The summed E-state index contributed by atoms with van der Waals surface area (Å²) < 4.78 is 0. The molecule has 1 aromatic heterocycles. The monoisotopic (exact) mass is 276 g/mol. The Morgan fingerprint density at radius 3 is 2.35 bits per heavy atom. The van der Waals surface area contributed by atoms with E-state index in [9.17, 15) is 0 Å². The Kier molecular flexibility index (Phi) is 4.05.